The topological polar surface area (TPSA) is 101 Å². The summed E-state index contributed by atoms with van der Waals surface area (Å²) in [5.41, 5.74) is 3.53. The Morgan fingerprint density at radius 2 is 1.65 bits per heavy atom. The van der Waals surface area contributed by atoms with E-state index < -0.39 is 5.09 Å². The van der Waals surface area contributed by atoms with Gasteiger partial charge in [-0.25, -0.2) is 9.67 Å². The highest BCUT2D eigenvalue weighted by Gasteiger charge is 2.16. The zero-order valence-electron chi connectivity index (χ0n) is 17.5. The monoisotopic (exact) mass is 494 g/mol. The lowest BCUT2D eigenvalue weighted by Crippen LogP contribution is -2.07. The SMILES string of the molecule is O=[N+]([O-])Oc1cc(Cn2ccnc2-c2ccc(Cl)cc2)cc2c1nnn2Cc1ccc(Cl)cc1. The van der Waals surface area contributed by atoms with E-state index in [0.29, 0.717) is 34.2 Å². The third-order valence-corrected chi connectivity index (χ3v) is 5.74. The first-order valence-corrected chi connectivity index (χ1v) is 10.9. The van der Waals surface area contributed by atoms with Crippen LogP contribution in [0.1, 0.15) is 11.1 Å². The predicted molar refractivity (Wildman–Crippen MR) is 127 cm³/mol. The molecule has 0 N–H and O–H groups in total. The molecule has 0 aliphatic rings. The highest BCUT2D eigenvalue weighted by atomic mass is 35.5. The van der Waals surface area contributed by atoms with Crippen molar-refractivity contribution in [3.63, 3.8) is 0 Å². The molecular weight excluding hydrogens is 479 g/mol. The minimum Gasteiger partial charge on any atom is -0.327 e. The van der Waals surface area contributed by atoms with Crippen LogP contribution in [0.2, 0.25) is 10.0 Å². The van der Waals surface area contributed by atoms with Crippen LogP contribution >= 0.6 is 23.2 Å². The molecule has 0 unspecified atom stereocenters. The van der Waals surface area contributed by atoms with Gasteiger partial charge in [0.2, 0.25) is 0 Å². The summed E-state index contributed by atoms with van der Waals surface area (Å²) in [4.78, 5) is 20.4. The lowest BCUT2D eigenvalue weighted by Gasteiger charge is -2.11. The third kappa shape index (κ3) is 4.57. The van der Waals surface area contributed by atoms with Gasteiger partial charge in [0.1, 0.15) is 11.3 Å². The molecule has 11 heteroatoms. The Morgan fingerprint density at radius 3 is 2.35 bits per heavy atom. The number of rotatable bonds is 7. The van der Waals surface area contributed by atoms with E-state index in [1.54, 1.807) is 41.2 Å². The van der Waals surface area contributed by atoms with Crippen LogP contribution in [0.4, 0.5) is 0 Å². The number of benzene rings is 3. The van der Waals surface area contributed by atoms with Crippen LogP contribution in [0, 0.1) is 10.1 Å². The average molecular weight is 495 g/mol. The summed E-state index contributed by atoms with van der Waals surface area (Å²) >= 11 is 12.0. The van der Waals surface area contributed by atoms with Crippen LogP contribution in [0.3, 0.4) is 0 Å². The molecule has 0 aliphatic heterocycles. The molecule has 0 amide bonds. The molecule has 3 aromatic carbocycles. The second-order valence-electron chi connectivity index (χ2n) is 7.54. The molecule has 2 aromatic heterocycles. The quantitative estimate of drug-likeness (QED) is 0.225. The van der Waals surface area contributed by atoms with Gasteiger partial charge in [0.25, 0.3) is 5.09 Å². The Labute approximate surface area is 203 Å². The summed E-state index contributed by atoms with van der Waals surface area (Å²) in [5.74, 6) is 0.759. The van der Waals surface area contributed by atoms with Gasteiger partial charge < -0.3 is 4.57 Å². The summed E-state index contributed by atoms with van der Waals surface area (Å²) in [6.07, 6.45) is 3.54. The zero-order valence-corrected chi connectivity index (χ0v) is 19.0. The zero-order chi connectivity index (χ0) is 23.7. The predicted octanol–water partition coefficient (Wildman–Crippen LogP) is 5.27. The minimum absolute atomic E-state index is 0.0213. The maximum atomic E-state index is 11.1. The molecule has 9 nitrogen and oxygen atoms in total. The van der Waals surface area contributed by atoms with Crippen LogP contribution < -0.4 is 4.84 Å². The average Bonchev–Trinajstić information content (AvgIpc) is 3.43. The Kier molecular flexibility index (Phi) is 5.87. The lowest BCUT2D eigenvalue weighted by molar-refractivity contribution is -0.710. The van der Waals surface area contributed by atoms with E-state index in [1.807, 2.05) is 41.1 Å². The molecule has 5 rings (SSSR count). The number of halogens is 2. The summed E-state index contributed by atoms with van der Waals surface area (Å²) in [7, 11) is 0. The first-order valence-electron chi connectivity index (χ1n) is 10.2. The van der Waals surface area contributed by atoms with E-state index in [1.165, 1.54) is 0 Å². The van der Waals surface area contributed by atoms with Crippen LogP contribution in [0.15, 0.2) is 73.1 Å². The minimum atomic E-state index is -0.854. The van der Waals surface area contributed by atoms with Gasteiger partial charge in [-0.15, -0.1) is 15.2 Å². The summed E-state index contributed by atoms with van der Waals surface area (Å²) in [5, 5.41) is 19.9. The standard InChI is InChI=1S/C23H16Cl2N6O3/c24-18-5-1-15(2-6-18)14-30-20-11-16(12-21(34-31(32)33)22(20)27-28-30)13-29-10-9-26-23(29)17-3-7-19(25)8-4-17/h1-12H,13-14H2. The molecule has 170 valence electrons. The Balaban J connectivity index is 1.54. The Morgan fingerprint density at radius 1 is 0.941 bits per heavy atom. The van der Waals surface area contributed by atoms with E-state index in [0.717, 1.165) is 22.5 Å². The highest BCUT2D eigenvalue weighted by molar-refractivity contribution is 6.30. The van der Waals surface area contributed by atoms with Crippen molar-refractivity contribution in [2.75, 3.05) is 0 Å². The van der Waals surface area contributed by atoms with E-state index in [-0.39, 0.29) is 5.75 Å². The molecule has 0 bridgehead atoms. The Bertz CT molecular complexity index is 1480. The van der Waals surface area contributed by atoms with Crippen molar-refractivity contribution < 1.29 is 9.92 Å². The van der Waals surface area contributed by atoms with Crippen molar-refractivity contribution >= 4 is 34.2 Å². The fourth-order valence-corrected chi connectivity index (χ4v) is 3.96. The molecule has 0 atom stereocenters. The Hall–Kier alpha value is -3.95. The largest absolute Gasteiger partial charge is 0.327 e. The molecule has 5 aromatic rings. The van der Waals surface area contributed by atoms with Crippen molar-refractivity contribution in [2.24, 2.45) is 0 Å². The summed E-state index contributed by atoms with van der Waals surface area (Å²) < 4.78 is 3.61. The first-order chi connectivity index (χ1) is 16.5. The number of hydrogen-bond acceptors (Lipinski definition) is 6. The summed E-state index contributed by atoms with van der Waals surface area (Å²) in [6, 6.07) is 18.2. The van der Waals surface area contributed by atoms with Crippen molar-refractivity contribution in [2.45, 2.75) is 13.1 Å². The second kappa shape index (κ2) is 9.12. The molecule has 2 heterocycles. The van der Waals surface area contributed by atoms with Gasteiger partial charge in [0, 0.05) is 34.5 Å². The van der Waals surface area contributed by atoms with Crippen LogP contribution in [-0.2, 0) is 13.1 Å². The van der Waals surface area contributed by atoms with E-state index in [4.69, 9.17) is 28.0 Å². The van der Waals surface area contributed by atoms with Crippen molar-refractivity contribution in [3.8, 4) is 17.1 Å². The fourth-order valence-electron chi connectivity index (χ4n) is 3.71. The van der Waals surface area contributed by atoms with Crippen molar-refractivity contribution in [1.82, 2.24) is 24.5 Å². The molecule has 0 fully saturated rings. The van der Waals surface area contributed by atoms with Gasteiger partial charge in [-0.05, 0) is 59.7 Å². The van der Waals surface area contributed by atoms with Gasteiger partial charge in [-0.1, -0.05) is 40.5 Å². The fraction of sp³-hybridized carbons (Fsp3) is 0.0870. The lowest BCUT2D eigenvalue weighted by atomic mass is 10.1. The van der Waals surface area contributed by atoms with Gasteiger partial charge in [0.15, 0.2) is 5.75 Å². The summed E-state index contributed by atoms with van der Waals surface area (Å²) in [6.45, 7) is 0.810. The molecule has 0 saturated carbocycles. The van der Waals surface area contributed by atoms with E-state index in [9.17, 15) is 10.1 Å². The molecule has 0 saturated heterocycles. The smallest absolute Gasteiger partial charge is 0.299 e. The van der Waals surface area contributed by atoms with Gasteiger partial charge in [0.05, 0.1) is 12.1 Å². The van der Waals surface area contributed by atoms with Gasteiger partial charge >= 0.3 is 0 Å². The molecule has 0 spiro atoms. The van der Waals surface area contributed by atoms with Crippen LogP contribution in [0.5, 0.6) is 5.75 Å². The highest BCUT2D eigenvalue weighted by Crippen LogP contribution is 2.28. The van der Waals surface area contributed by atoms with Crippen molar-refractivity contribution in [1.29, 1.82) is 0 Å². The molecule has 0 radical (unpaired) electrons. The second-order valence-corrected chi connectivity index (χ2v) is 8.41. The van der Waals surface area contributed by atoms with Crippen molar-refractivity contribution in [3.05, 3.63) is 104 Å². The van der Waals surface area contributed by atoms with Gasteiger partial charge in [-0.2, -0.15) is 0 Å². The van der Waals surface area contributed by atoms with Crippen LogP contribution in [-0.4, -0.2) is 29.6 Å². The maximum absolute atomic E-state index is 11.1. The number of hydrogen-bond donors (Lipinski definition) is 0. The number of fused-ring (bicyclic) bond motifs is 1. The maximum Gasteiger partial charge on any atom is 0.299 e. The number of imidazole rings is 1. The first kappa shape index (κ1) is 21.9. The number of aromatic nitrogens is 5. The van der Waals surface area contributed by atoms with Crippen LogP contribution in [0.25, 0.3) is 22.4 Å². The van der Waals surface area contributed by atoms with E-state index in [2.05, 4.69) is 15.3 Å². The molecular formula is C23H16Cl2N6O3. The van der Waals surface area contributed by atoms with Gasteiger partial charge in [-0.3, -0.25) is 4.84 Å². The normalized spacial score (nSPS) is 11.1. The third-order valence-electron chi connectivity index (χ3n) is 5.23. The molecule has 0 aliphatic carbocycles. The molecule has 34 heavy (non-hydrogen) atoms. The van der Waals surface area contributed by atoms with E-state index >= 15 is 0 Å². The number of nitrogens with zero attached hydrogens (tertiary/aromatic N) is 6.